The van der Waals surface area contributed by atoms with Crippen LogP contribution in [0.25, 0.3) is 0 Å². The Morgan fingerprint density at radius 1 is 0.846 bits per heavy atom. The van der Waals surface area contributed by atoms with Crippen LogP contribution < -0.4 is 5.56 Å². The fourth-order valence-electron chi connectivity index (χ4n) is 4.31. The second-order valence-corrected chi connectivity index (χ2v) is 9.22. The van der Waals surface area contributed by atoms with Gasteiger partial charge in [0, 0.05) is 83.8 Å². The molecule has 0 atom stereocenters. The van der Waals surface area contributed by atoms with Gasteiger partial charge in [-0.05, 0) is 13.0 Å². The fourth-order valence-corrected chi connectivity index (χ4v) is 4.31. The van der Waals surface area contributed by atoms with Crippen molar-refractivity contribution in [2.45, 2.75) is 20.0 Å². The van der Waals surface area contributed by atoms with Crippen LogP contribution in [0.2, 0.25) is 0 Å². The summed E-state index contributed by atoms with van der Waals surface area (Å²) in [6, 6.07) is 1.58. The van der Waals surface area contributed by atoms with Crippen LogP contribution in [0.3, 0.4) is 0 Å². The molecule has 1 aliphatic rings. The van der Waals surface area contributed by atoms with E-state index in [0.29, 0.717) is 71.0 Å². The summed E-state index contributed by atoms with van der Waals surface area (Å²) in [5.41, 5.74) is -0.312. The predicted molar refractivity (Wildman–Crippen MR) is 138 cm³/mol. The summed E-state index contributed by atoms with van der Waals surface area (Å²) >= 11 is 0. The van der Waals surface area contributed by atoms with Crippen molar-refractivity contribution in [3.63, 3.8) is 0 Å². The molecule has 0 unspecified atom stereocenters. The van der Waals surface area contributed by atoms with E-state index in [4.69, 9.17) is 15.3 Å². The number of pyridine rings is 1. The van der Waals surface area contributed by atoms with Gasteiger partial charge in [0.25, 0.3) is 5.56 Å². The lowest BCUT2D eigenvalue weighted by molar-refractivity contribution is -0.245. The Balaban J connectivity index is 2.21. The molecule has 4 N–H and O–H groups in total. The Bertz CT molecular complexity index is 946. The monoisotopic (exact) mass is 559 g/mol. The summed E-state index contributed by atoms with van der Waals surface area (Å²) in [5.74, 6) is -1.98. The zero-order chi connectivity index (χ0) is 28.6. The van der Waals surface area contributed by atoms with E-state index < -0.39 is 23.2 Å². The van der Waals surface area contributed by atoms with Crippen LogP contribution in [0.15, 0.2) is 17.1 Å². The van der Waals surface area contributed by atoms with E-state index in [1.54, 1.807) is 13.0 Å². The number of aromatic hydroxyl groups is 1. The minimum Gasteiger partial charge on any atom is -0.503 e. The highest BCUT2D eigenvalue weighted by molar-refractivity contribution is 5.69. The Morgan fingerprint density at radius 2 is 1.36 bits per heavy atom. The molecule has 1 aliphatic heterocycles. The highest BCUT2D eigenvalue weighted by Crippen LogP contribution is 2.14. The first-order chi connectivity index (χ1) is 18.8. The van der Waals surface area contributed by atoms with E-state index in [1.807, 2.05) is 9.80 Å². The quantitative estimate of drug-likeness (QED) is 0.130. The molecule has 2 heterocycles. The summed E-state index contributed by atoms with van der Waals surface area (Å²) in [4.78, 5) is 52.4. The van der Waals surface area contributed by atoms with Crippen molar-refractivity contribution >= 4 is 11.9 Å². The van der Waals surface area contributed by atoms with Crippen LogP contribution in [0.1, 0.15) is 12.5 Å². The van der Waals surface area contributed by atoms with Crippen LogP contribution in [-0.2, 0) is 37.2 Å². The van der Waals surface area contributed by atoms with Crippen LogP contribution in [-0.4, -0.2) is 149 Å². The third-order valence-electron chi connectivity index (χ3n) is 6.51. The zero-order valence-corrected chi connectivity index (χ0v) is 22.4. The predicted octanol–water partition coefficient (Wildman–Crippen LogP) is -1.10. The highest BCUT2D eigenvalue weighted by Gasteiger charge is 2.20. The van der Waals surface area contributed by atoms with Gasteiger partial charge in [-0.15, -0.1) is 0 Å². The molecule has 2 rings (SSSR count). The zero-order valence-electron chi connectivity index (χ0n) is 22.4. The molecule has 0 spiro atoms. The summed E-state index contributed by atoms with van der Waals surface area (Å²) in [6.07, 6.45) is 1.44. The van der Waals surface area contributed by atoms with E-state index in [2.05, 4.69) is 19.6 Å². The smallest absolute Gasteiger partial charge is 0.326 e. The molecule has 1 fully saturated rings. The number of aliphatic carboxylic acids is 1. The number of ether oxygens (including phenoxy) is 1. The van der Waals surface area contributed by atoms with Crippen molar-refractivity contribution in [2.24, 2.45) is 0 Å². The van der Waals surface area contributed by atoms with Crippen LogP contribution in [0, 0.1) is 0 Å². The molecule has 222 valence electrons. The van der Waals surface area contributed by atoms with Gasteiger partial charge in [-0.3, -0.25) is 44.5 Å². The maximum atomic E-state index is 12.7. The van der Waals surface area contributed by atoms with Gasteiger partial charge in [0.2, 0.25) is 0 Å². The molecule has 15 nitrogen and oxygen atoms in total. The van der Waals surface area contributed by atoms with E-state index in [0.717, 1.165) is 4.57 Å². The number of hydrogen-bond donors (Lipinski definition) is 4. The van der Waals surface area contributed by atoms with Gasteiger partial charge in [0.15, 0.2) is 5.75 Å². The second kappa shape index (κ2) is 17.9. The number of nitrogens with zero attached hydrogens (tertiary/aromatic N) is 5. The molecule has 1 aromatic rings. The molecule has 0 saturated carbocycles. The molecule has 0 aromatic carbocycles. The van der Waals surface area contributed by atoms with Gasteiger partial charge in [0.1, 0.15) is 6.54 Å². The van der Waals surface area contributed by atoms with Crippen molar-refractivity contribution in [2.75, 3.05) is 91.8 Å². The summed E-state index contributed by atoms with van der Waals surface area (Å²) in [5, 5.41) is 37.6. The lowest BCUT2D eigenvalue weighted by Gasteiger charge is -2.33. The SMILES string of the molecule is CCOC(=O)Cn1ccc(CN2CCN(CCOO)CCN(CCOO)CCN(CC(=O)O)CC2)c(O)c1=O. The first-order valence-corrected chi connectivity index (χ1v) is 13.0. The number of carboxylic acids is 1. The van der Waals surface area contributed by atoms with Crippen LogP contribution in [0.5, 0.6) is 5.75 Å². The number of carbonyl (C=O) groups is 2. The molecule has 1 saturated heterocycles. The molecular weight excluding hydrogens is 518 g/mol. The molecule has 15 heteroatoms. The van der Waals surface area contributed by atoms with Gasteiger partial charge < -0.3 is 19.5 Å². The number of hydrogen-bond acceptors (Lipinski definition) is 13. The Kier molecular flexibility index (Phi) is 14.9. The first-order valence-electron chi connectivity index (χ1n) is 13.0. The largest absolute Gasteiger partial charge is 0.503 e. The molecule has 0 amide bonds. The van der Waals surface area contributed by atoms with Crippen molar-refractivity contribution in [3.8, 4) is 5.75 Å². The fraction of sp³-hybridized carbons (Fsp3) is 0.708. The third-order valence-corrected chi connectivity index (χ3v) is 6.51. The maximum absolute atomic E-state index is 12.7. The molecule has 0 aliphatic carbocycles. The van der Waals surface area contributed by atoms with Gasteiger partial charge in [-0.25, -0.2) is 9.78 Å². The van der Waals surface area contributed by atoms with E-state index in [1.165, 1.54) is 6.20 Å². The minimum atomic E-state index is -0.947. The molecule has 0 radical (unpaired) electrons. The van der Waals surface area contributed by atoms with Crippen molar-refractivity contribution in [1.82, 2.24) is 24.2 Å². The Labute approximate surface area is 227 Å². The number of aromatic nitrogens is 1. The van der Waals surface area contributed by atoms with Gasteiger partial charge in [-0.1, -0.05) is 0 Å². The first kappa shape index (κ1) is 32.6. The average molecular weight is 560 g/mol. The third kappa shape index (κ3) is 12.0. The Hall–Kier alpha value is -2.63. The van der Waals surface area contributed by atoms with Crippen molar-refractivity contribution in [3.05, 3.63) is 28.2 Å². The molecule has 39 heavy (non-hydrogen) atoms. The summed E-state index contributed by atoms with van der Waals surface area (Å²) in [7, 11) is 0. The number of esters is 1. The van der Waals surface area contributed by atoms with E-state index >= 15 is 0 Å². The normalized spacial score (nSPS) is 17.4. The topological polar surface area (TPSA) is 178 Å². The van der Waals surface area contributed by atoms with Gasteiger partial charge in [-0.2, -0.15) is 0 Å². The van der Waals surface area contributed by atoms with Crippen molar-refractivity contribution < 1.29 is 44.8 Å². The lowest BCUT2D eigenvalue weighted by atomic mass is 10.2. The van der Waals surface area contributed by atoms with Crippen LogP contribution >= 0.6 is 0 Å². The number of carbonyl (C=O) groups excluding carboxylic acids is 1. The number of rotatable bonds is 13. The van der Waals surface area contributed by atoms with E-state index in [-0.39, 0.29) is 39.5 Å². The summed E-state index contributed by atoms with van der Waals surface area (Å²) in [6.45, 7) is 7.05. The highest BCUT2D eigenvalue weighted by atomic mass is 17.1. The van der Waals surface area contributed by atoms with E-state index in [9.17, 15) is 24.6 Å². The van der Waals surface area contributed by atoms with Gasteiger partial charge >= 0.3 is 11.9 Å². The molecular formula is C24H41N5O10. The summed E-state index contributed by atoms with van der Waals surface area (Å²) < 4.78 is 5.97. The molecule has 0 bridgehead atoms. The average Bonchev–Trinajstić information content (AvgIpc) is 2.90. The standard InChI is InChI=1S/C24H41N5O10/c1-2-37-22(32)19-29-4-3-20(23(33)24(29)34)17-27-9-7-25(13-15-38-35)5-6-26(14-16-39-36)8-10-28(12-11-27)18-21(30)31/h3-4,33,35-36H,2,5-19H2,1H3,(H,30,31). The Morgan fingerprint density at radius 3 is 1.85 bits per heavy atom. The molecule has 1 aromatic heterocycles. The van der Waals surface area contributed by atoms with Crippen LogP contribution in [0.4, 0.5) is 0 Å². The second-order valence-electron chi connectivity index (χ2n) is 9.22. The lowest BCUT2D eigenvalue weighted by Crippen LogP contribution is -2.47. The number of carboxylic acid groups (broad SMARTS) is 1. The maximum Gasteiger partial charge on any atom is 0.326 e. The van der Waals surface area contributed by atoms with Crippen molar-refractivity contribution in [1.29, 1.82) is 0 Å². The van der Waals surface area contributed by atoms with Gasteiger partial charge in [0.05, 0.1) is 26.4 Å². The minimum absolute atomic E-state index is 0.117.